The van der Waals surface area contributed by atoms with E-state index in [1.807, 2.05) is 7.05 Å². The predicted molar refractivity (Wildman–Crippen MR) is 59.9 cm³/mol. The monoisotopic (exact) mass is 237 g/mol. The Morgan fingerprint density at radius 3 is 2.94 bits per heavy atom. The van der Waals surface area contributed by atoms with Crippen molar-refractivity contribution in [1.82, 2.24) is 19.9 Å². The summed E-state index contributed by atoms with van der Waals surface area (Å²) in [6.07, 6.45) is 3.45. The summed E-state index contributed by atoms with van der Waals surface area (Å²) in [5.74, 6) is 0.819. The molecule has 0 saturated heterocycles. The van der Waals surface area contributed by atoms with Crippen molar-refractivity contribution in [2.45, 2.75) is 12.5 Å². The number of hydrogen-bond acceptors (Lipinski definition) is 6. The molecule has 1 unspecified atom stereocenters. The van der Waals surface area contributed by atoms with E-state index in [2.05, 4.69) is 15.2 Å². The van der Waals surface area contributed by atoms with Gasteiger partial charge in [0.1, 0.15) is 5.54 Å². The van der Waals surface area contributed by atoms with Crippen LogP contribution in [0.4, 0.5) is 0 Å². The predicted octanol–water partition coefficient (Wildman–Crippen LogP) is 0.290. The van der Waals surface area contributed by atoms with E-state index in [1.165, 1.54) is 0 Å². The van der Waals surface area contributed by atoms with Crippen LogP contribution in [0.5, 0.6) is 0 Å². The van der Waals surface area contributed by atoms with Gasteiger partial charge in [-0.15, -0.1) is 0 Å². The van der Waals surface area contributed by atoms with Crippen molar-refractivity contribution in [2.24, 2.45) is 12.8 Å². The van der Waals surface area contributed by atoms with Gasteiger partial charge in [0.15, 0.2) is 5.82 Å². The molecule has 17 heavy (non-hydrogen) atoms. The van der Waals surface area contributed by atoms with E-state index in [9.17, 15) is 0 Å². The Hall–Kier alpha value is -1.73. The van der Waals surface area contributed by atoms with Crippen LogP contribution in [0.2, 0.25) is 0 Å². The standard InChI is InChI=1S/C10H15N5O2/c1-10(11,6-16-3)9-13-8(17-14-9)7-4-12-15(2)5-7/h4-5H,6,11H2,1-3H3. The average molecular weight is 237 g/mol. The highest BCUT2D eigenvalue weighted by molar-refractivity contribution is 5.49. The van der Waals surface area contributed by atoms with Crippen molar-refractivity contribution in [3.05, 3.63) is 18.2 Å². The summed E-state index contributed by atoms with van der Waals surface area (Å²) in [6.45, 7) is 2.10. The van der Waals surface area contributed by atoms with Crippen LogP contribution in [-0.2, 0) is 17.3 Å². The number of hydrogen-bond donors (Lipinski definition) is 1. The molecule has 7 heteroatoms. The van der Waals surface area contributed by atoms with Crippen LogP contribution in [-0.4, -0.2) is 33.6 Å². The molecule has 0 bridgehead atoms. The molecular weight excluding hydrogens is 222 g/mol. The quantitative estimate of drug-likeness (QED) is 0.821. The second kappa shape index (κ2) is 4.27. The molecular formula is C10H15N5O2. The lowest BCUT2D eigenvalue weighted by atomic mass is 10.1. The fourth-order valence-corrected chi connectivity index (χ4v) is 1.47. The van der Waals surface area contributed by atoms with Gasteiger partial charge in [0.25, 0.3) is 5.89 Å². The first kappa shape index (κ1) is 11.7. The number of aromatic nitrogens is 4. The van der Waals surface area contributed by atoms with E-state index in [0.29, 0.717) is 18.3 Å². The first-order valence-electron chi connectivity index (χ1n) is 5.14. The van der Waals surface area contributed by atoms with E-state index >= 15 is 0 Å². The number of nitrogens with zero attached hydrogens (tertiary/aromatic N) is 4. The zero-order valence-corrected chi connectivity index (χ0v) is 10.0. The van der Waals surface area contributed by atoms with Crippen molar-refractivity contribution in [1.29, 1.82) is 0 Å². The van der Waals surface area contributed by atoms with E-state index < -0.39 is 5.54 Å². The zero-order chi connectivity index (χ0) is 12.5. The van der Waals surface area contributed by atoms with Gasteiger partial charge < -0.3 is 15.0 Å². The fourth-order valence-electron chi connectivity index (χ4n) is 1.47. The third kappa shape index (κ3) is 2.34. The summed E-state index contributed by atoms with van der Waals surface area (Å²) in [4.78, 5) is 4.25. The summed E-state index contributed by atoms with van der Waals surface area (Å²) in [7, 11) is 3.39. The van der Waals surface area contributed by atoms with Gasteiger partial charge in [-0.3, -0.25) is 4.68 Å². The molecule has 0 aliphatic rings. The Labute approximate surface area is 98.6 Å². The van der Waals surface area contributed by atoms with Crippen LogP contribution < -0.4 is 5.73 Å². The van der Waals surface area contributed by atoms with Crippen LogP contribution in [0.3, 0.4) is 0 Å². The molecule has 2 aromatic rings. The first-order valence-corrected chi connectivity index (χ1v) is 5.14. The van der Waals surface area contributed by atoms with Crippen LogP contribution in [0.25, 0.3) is 11.5 Å². The lowest BCUT2D eigenvalue weighted by Gasteiger charge is -2.18. The largest absolute Gasteiger partial charge is 0.382 e. The molecule has 0 spiro atoms. The Balaban J connectivity index is 2.27. The van der Waals surface area contributed by atoms with Crippen LogP contribution >= 0.6 is 0 Å². The number of methoxy groups -OCH3 is 1. The third-order valence-electron chi connectivity index (χ3n) is 2.33. The molecule has 0 saturated carbocycles. The summed E-state index contributed by atoms with van der Waals surface area (Å²) >= 11 is 0. The first-order chi connectivity index (χ1) is 8.03. The molecule has 2 rings (SSSR count). The molecule has 0 aliphatic heterocycles. The summed E-state index contributed by atoms with van der Waals surface area (Å²) in [5, 5.41) is 7.90. The van der Waals surface area contributed by atoms with Crippen molar-refractivity contribution in [3.8, 4) is 11.5 Å². The van der Waals surface area contributed by atoms with Gasteiger partial charge in [0.05, 0.1) is 18.4 Å². The molecule has 2 heterocycles. The Kier molecular flexibility index (Phi) is 2.95. The minimum absolute atomic E-state index is 0.318. The van der Waals surface area contributed by atoms with Crippen LogP contribution in [0, 0.1) is 0 Å². The molecule has 1 atom stereocenters. The summed E-state index contributed by atoms with van der Waals surface area (Å²) in [5.41, 5.74) is 6.01. The molecule has 2 aromatic heterocycles. The molecule has 7 nitrogen and oxygen atoms in total. The molecule has 92 valence electrons. The topological polar surface area (TPSA) is 92.0 Å². The van der Waals surface area contributed by atoms with Gasteiger partial charge in [-0.1, -0.05) is 5.16 Å². The van der Waals surface area contributed by atoms with Gasteiger partial charge in [-0.25, -0.2) is 0 Å². The highest BCUT2D eigenvalue weighted by Gasteiger charge is 2.27. The maximum atomic E-state index is 6.01. The smallest absolute Gasteiger partial charge is 0.261 e. The normalized spacial score (nSPS) is 14.8. The molecule has 0 fully saturated rings. The number of aryl methyl sites for hydroxylation is 1. The van der Waals surface area contributed by atoms with Gasteiger partial charge in [0, 0.05) is 20.4 Å². The Morgan fingerprint density at radius 1 is 1.59 bits per heavy atom. The lowest BCUT2D eigenvalue weighted by Crippen LogP contribution is -2.38. The maximum absolute atomic E-state index is 6.01. The SMILES string of the molecule is COCC(C)(N)c1noc(-c2cnn(C)c2)n1. The van der Waals surface area contributed by atoms with Crippen LogP contribution in [0.1, 0.15) is 12.7 Å². The van der Waals surface area contributed by atoms with E-state index in [0.717, 1.165) is 5.56 Å². The van der Waals surface area contributed by atoms with Gasteiger partial charge in [-0.05, 0) is 6.92 Å². The molecule has 0 aliphatic carbocycles. The van der Waals surface area contributed by atoms with Crippen molar-refractivity contribution in [2.75, 3.05) is 13.7 Å². The maximum Gasteiger partial charge on any atom is 0.261 e. The molecule has 2 N–H and O–H groups in total. The van der Waals surface area contributed by atoms with E-state index in [1.54, 1.807) is 31.1 Å². The number of ether oxygens (including phenoxy) is 1. The van der Waals surface area contributed by atoms with Gasteiger partial charge >= 0.3 is 0 Å². The second-order valence-corrected chi connectivity index (χ2v) is 4.18. The zero-order valence-electron chi connectivity index (χ0n) is 10.0. The highest BCUT2D eigenvalue weighted by Crippen LogP contribution is 2.20. The van der Waals surface area contributed by atoms with Crippen molar-refractivity contribution < 1.29 is 9.26 Å². The minimum Gasteiger partial charge on any atom is -0.382 e. The Bertz CT molecular complexity index is 502. The molecule has 0 amide bonds. The van der Waals surface area contributed by atoms with Crippen LogP contribution in [0.15, 0.2) is 16.9 Å². The summed E-state index contributed by atoms with van der Waals surface area (Å²) in [6, 6.07) is 0. The second-order valence-electron chi connectivity index (χ2n) is 4.18. The van der Waals surface area contributed by atoms with E-state index in [4.69, 9.17) is 15.0 Å². The highest BCUT2D eigenvalue weighted by atomic mass is 16.5. The van der Waals surface area contributed by atoms with E-state index in [-0.39, 0.29) is 0 Å². The lowest BCUT2D eigenvalue weighted by molar-refractivity contribution is 0.135. The summed E-state index contributed by atoms with van der Waals surface area (Å²) < 4.78 is 11.8. The fraction of sp³-hybridized carbons (Fsp3) is 0.500. The number of nitrogens with two attached hydrogens (primary N) is 1. The molecule has 0 radical (unpaired) electrons. The number of rotatable bonds is 4. The van der Waals surface area contributed by atoms with Crippen molar-refractivity contribution >= 4 is 0 Å². The average Bonchev–Trinajstić information content (AvgIpc) is 2.85. The Morgan fingerprint density at radius 2 is 2.35 bits per heavy atom. The minimum atomic E-state index is -0.765. The van der Waals surface area contributed by atoms with Gasteiger partial charge in [0.2, 0.25) is 0 Å². The van der Waals surface area contributed by atoms with Crippen molar-refractivity contribution in [3.63, 3.8) is 0 Å². The third-order valence-corrected chi connectivity index (χ3v) is 2.33. The van der Waals surface area contributed by atoms with Gasteiger partial charge in [-0.2, -0.15) is 10.1 Å². The molecule has 0 aromatic carbocycles.